The average Bonchev–Trinajstić information content (AvgIpc) is 2.89. The van der Waals surface area contributed by atoms with E-state index < -0.39 is 0 Å². The number of carbonyl (C=O) groups is 1. The van der Waals surface area contributed by atoms with E-state index in [0.717, 1.165) is 17.0 Å². The largest absolute Gasteiger partial charge is 0.345 e. The van der Waals surface area contributed by atoms with Crippen LogP contribution in [0.25, 0.3) is 11.4 Å². The summed E-state index contributed by atoms with van der Waals surface area (Å²) in [6, 6.07) is 7.98. The standard InChI is InChI=1S/C13H15N3OS/c1-16(2)13(17)18-9-10-5-3-4-6-11(10)12-14-7-8-15-12/h3-8H,9H2,1-2H3,(H,14,15). The van der Waals surface area contributed by atoms with Crippen LogP contribution in [-0.2, 0) is 5.75 Å². The first-order chi connectivity index (χ1) is 8.68. The number of nitrogens with zero attached hydrogens (tertiary/aromatic N) is 2. The van der Waals surface area contributed by atoms with E-state index in [9.17, 15) is 4.79 Å². The van der Waals surface area contributed by atoms with Crippen molar-refractivity contribution in [1.82, 2.24) is 14.9 Å². The number of aromatic nitrogens is 2. The van der Waals surface area contributed by atoms with Crippen LogP contribution in [0.1, 0.15) is 5.56 Å². The molecule has 0 fully saturated rings. The monoisotopic (exact) mass is 261 g/mol. The molecule has 4 nitrogen and oxygen atoms in total. The van der Waals surface area contributed by atoms with Gasteiger partial charge in [-0.1, -0.05) is 36.0 Å². The van der Waals surface area contributed by atoms with Crippen molar-refractivity contribution < 1.29 is 4.79 Å². The topological polar surface area (TPSA) is 49.0 Å². The van der Waals surface area contributed by atoms with E-state index in [1.165, 1.54) is 11.8 Å². The smallest absolute Gasteiger partial charge is 0.281 e. The van der Waals surface area contributed by atoms with Crippen LogP contribution in [-0.4, -0.2) is 34.2 Å². The molecule has 0 aliphatic carbocycles. The summed E-state index contributed by atoms with van der Waals surface area (Å²) in [6.07, 6.45) is 3.52. The van der Waals surface area contributed by atoms with Gasteiger partial charge in [-0.05, 0) is 5.56 Å². The number of carbonyl (C=O) groups excluding carboxylic acids is 1. The molecule has 1 amide bonds. The first kappa shape index (κ1) is 12.7. The van der Waals surface area contributed by atoms with Crippen LogP contribution in [0.2, 0.25) is 0 Å². The van der Waals surface area contributed by atoms with Crippen molar-refractivity contribution in [3.8, 4) is 11.4 Å². The summed E-state index contributed by atoms with van der Waals surface area (Å²) >= 11 is 1.29. The zero-order valence-corrected chi connectivity index (χ0v) is 11.2. The molecule has 1 heterocycles. The van der Waals surface area contributed by atoms with E-state index in [0.29, 0.717) is 5.75 Å². The number of thioether (sulfide) groups is 1. The van der Waals surface area contributed by atoms with E-state index in [1.54, 1.807) is 31.4 Å². The van der Waals surface area contributed by atoms with Crippen LogP contribution in [0, 0.1) is 0 Å². The Morgan fingerprint density at radius 2 is 2.17 bits per heavy atom. The minimum Gasteiger partial charge on any atom is -0.345 e. The van der Waals surface area contributed by atoms with E-state index in [4.69, 9.17) is 0 Å². The molecule has 94 valence electrons. The second kappa shape index (κ2) is 5.73. The van der Waals surface area contributed by atoms with Gasteiger partial charge in [0, 0.05) is 37.8 Å². The van der Waals surface area contributed by atoms with Gasteiger partial charge in [0.25, 0.3) is 5.24 Å². The average molecular weight is 261 g/mol. The van der Waals surface area contributed by atoms with Gasteiger partial charge >= 0.3 is 0 Å². The van der Waals surface area contributed by atoms with Gasteiger partial charge in [0.05, 0.1) is 0 Å². The third kappa shape index (κ3) is 2.92. The number of aromatic amines is 1. The Morgan fingerprint density at radius 1 is 1.39 bits per heavy atom. The fourth-order valence-corrected chi connectivity index (χ4v) is 2.35. The molecule has 0 saturated carbocycles. The number of imidazole rings is 1. The van der Waals surface area contributed by atoms with Crippen LogP contribution in [0.15, 0.2) is 36.7 Å². The lowest BCUT2D eigenvalue weighted by Gasteiger charge is -2.10. The summed E-state index contributed by atoms with van der Waals surface area (Å²) in [5.41, 5.74) is 2.15. The lowest BCUT2D eigenvalue weighted by atomic mass is 10.1. The lowest BCUT2D eigenvalue weighted by Crippen LogP contribution is -2.16. The Labute approximate surface area is 110 Å². The second-order valence-electron chi connectivity index (χ2n) is 4.04. The molecule has 0 spiro atoms. The van der Waals surface area contributed by atoms with Crippen molar-refractivity contribution in [1.29, 1.82) is 0 Å². The van der Waals surface area contributed by atoms with E-state index in [1.807, 2.05) is 24.3 Å². The van der Waals surface area contributed by atoms with E-state index >= 15 is 0 Å². The van der Waals surface area contributed by atoms with Gasteiger partial charge in [0.2, 0.25) is 0 Å². The highest BCUT2D eigenvalue weighted by molar-refractivity contribution is 8.12. The molecule has 2 aromatic rings. The molecule has 18 heavy (non-hydrogen) atoms. The predicted molar refractivity (Wildman–Crippen MR) is 74.4 cm³/mol. The van der Waals surface area contributed by atoms with Crippen LogP contribution in [0.5, 0.6) is 0 Å². The third-order valence-corrected chi connectivity index (χ3v) is 3.55. The Kier molecular flexibility index (Phi) is 4.04. The van der Waals surface area contributed by atoms with E-state index in [-0.39, 0.29) is 5.24 Å². The fraction of sp³-hybridized carbons (Fsp3) is 0.231. The maximum absolute atomic E-state index is 11.6. The summed E-state index contributed by atoms with van der Waals surface area (Å²) in [7, 11) is 3.52. The van der Waals surface area contributed by atoms with Crippen molar-refractivity contribution in [3.63, 3.8) is 0 Å². The molecule has 0 saturated heterocycles. The van der Waals surface area contributed by atoms with Gasteiger partial charge in [-0.15, -0.1) is 0 Å². The number of H-pyrrole nitrogens is 1. The zero-order chi connectivity index (χ0) is 13.0. The first-order valence-electron chi connectivity index (χ1n) is 5.60. The molecule has 5 heteroatoms. The van der Waals surface area contributed by atoms with Crippen LogP contribution < -0.4 is 0 Å². The molecule has 0 aliphatic rings. The number of nitrogens with one attached hydrogen (secondary N) is 1. The Hall–Kier alpha value is -1.75. The predicted octanol–water partition coefficient (Wildman–Crippen LogP) is 2.99. The Bertz CT molecular complexity index is 523. The lowest BCUT2D eigenvalue weighted by molar-refractivity contribution is 0.241. The SMILES string of the molecule is CN(C)C(=O)SCc1ccccc1-c1ncc[nH]1. The normalized spacial score (nSPS) is 10.3. The maximum atomic E-state index is 11.6. The second-order valence-corrected chi connectivity index (χ2v) is 4.97. The highest BCUT2D eigenvalue weighted by Gasteiger charge is 2.10. The minimum absolute atomic E-state index is 0.0595. The summed E-state index contributed by atoms with van der Waals surface area (Å²) in [5.74, 6) is 1.48. The van der Waals surface area contributed by atoms with Gasteiger partial charge in [-0.3, -0.25) is 4.79 Å². The quantitative estimate of drug-likeness (QED) is 0.924. The molecular formula is C13H15N3OS. The van der Waals surface area contributed by atoms with Crippen molar-refractivity contribution in [2.45, 2.75) is 5.75 Å². The van der Waals surface area contributed by atoms with Crippen LogP contribution in [0.4, 0.5) is 4.79 Å². The number of hydrogen-bond donors (Lipinski definition) is 1. The van der Waals surface area contributed by atoms with Crippen molar-refractivity contribution in [2.75, 3.05) is 14.1 Å². The summed E-state index contributed by atoms with van der Waals surface area (Å²) in [5, 5.41) is 0.0595. The highest BCUT2D eigenvalue weighted by atomic mass is 32.2. The Morgan fingerprint density at radius 3 is 2.83 bits per heavy atom. The molecule has 0 bridgehead atoms. The van der Waals surface area contributed by atoms with E-state index in [2.05, 4.69) is 9.97 Å². The molecule has 2 rings (SSSR count). The number of amides is 1. The van der Waals surface area contributed by atoms with Gasteiger partial charge in [-0.25, -0.2) is 4.98 Å². The third-order valence-electron chi connectivity index (χ3n) is 2.49. The molecule has 0 unspecified atom stereocenters. The summed E-state index contributed by atoms with van der Waals surface area (Å²) < 4.78 is 0. The summed E-state index contributed by atoms with van der Waals surface area (Å²) in [4.78, 5) is 20.5. The van der Waals surface area contributed by atoms with Crippen molar-refractivity contribution in [2.24, 2.45) is 0 Å². The molecule has 1 aromatic heterocycles. The van der Waals surface area contributed by atoms with Crippen LogP contribution in [0.3, 0.4) is 0 Å². The highest BCUT2D eigenvalue weighted by Crippen LogP contribution is 2.24. The van der Waals surface area contributed by atoms with Gasteiger partial charge < -0.3 is 9.88 Å². The molecular weight excluding hydrogens is 246 g/mol. The molecule has 0 radical (unpaired) electrons. The van der Waals surface area contributed by atoms with Crippen LogP contribution >= 0.6 is 11.8 Å². The minimum atomic E-state index is 0.0595. The van der Waals surface area contributed by atoms with Gasteiger partial charge in [-0.2, -0.15) is 0 Å². The number of rotatable bonds is 3. The fourth-order valence-electron chi connectivity index (χ4n) is 1.56. The number of benzene rings is 1. The van der Waals surface area contributed by atoms with Gasteiger partial charge in [0.15, 0.2) is 0 Å². The first-order valence-corrected chi connectivity index (χ1v) is 6.59. The van der Waals surface area contributed by atoms with Crippen molar-refractivity contribution in [3.05, 3.63) is 42.2 Å². The number of hydrogen-bond acceptors (Lipinski definition) is 3. The van der Waals surface area contributed by atoms with Gasteiger partial charge in [0.1, 0.15) is 5.82 Å². The summed E-state index contributed by atoms with van der Waals surface area (Å²) in [6.45, 7) is 0. The molecule has 1 N–H and O–H groups in total. The van der Waals surface area contributed by atoms with Crippen molar-refractivity contribution >= 4 is 17.0 Å². The molecule has 0 aliphatic heterocycles. The molecule has 1 aromatic carbocycles. The zero-order valence-electron chi connectivity index (χ0n) is 10.4. The Balaban J connectivity index is 2.16. The maximum Gasteiger partial charge on any atom is 0.281 e. The molecule has 0 atom stereocenters.